The Labute approximate surface area is 170 Å². The van der Waals surface area contributed by atoms with Gasteiger partial charge < -0.3 is 10.1 Å². The van der Waals surface area contributed by atoms with E-state index in [9.17, 15) is 21.6 Å². The molecule has 0 aliphatic carbocycles. The first-order chi connectivity index (χ1) is 13.8. The molecular formula is C19H22N2O6S2. The third-order valence-corrected chi connectivity index (χ3v) is 7.47. The number of carbonyl (C=O) groups excluding carboxylic acids is 1. The van der Waals surface area contributed by atoms with Crippen LogP contribution in [-0.4, -0.2) is 47.8 Å². The van der Waals surface area contributed by atoms with Gasteiger partial charge in [-0.25, -0.2) is 21.6 Å². The first-order valence-corrected chi connectivity index (χ1v) is 12.2. The minimum atomic E-state index is -3.76. The Morgan fingerprint density at radius 3 is 2.28 bits per heavy atom. The van der Waals surface area contributed by atoms with Crippen LogP contribution in [0.2, 0.25) is 0 Å². The van der Waals surface area contributed by atoms with Crippen LogP contribution in [0.1, 0.15) is 12.8 Å². The van der Waals surface area contributed by atoms with Crippen molar-refractivity contribution in [1.82, 2.24) is 4.72 Å². The van der Waals surface area contributed by atoms with Crippen LogP contribution in [0.3, 0.4) is 0 Å². The smallest absolute Gasteiger partial charge is 0.240 e. The van der Waals surface area contributed by atoms with Crippen molar-refractivity contribution in [2.45, 2.75) is 28.7 Å². The average Bonchev–Trinajstić information content (AvgIpc) is 3.21. The molecule has 0 spiro atoms. The molecule has 2 aromatic carbocycles. The molecule has 0 bridgehead atoms. The lowest BCUT2D eigenvalue weighted by molar-refractivity contribution is -0.113. The summed E-state index contributed by atoms with van der Waals surface area (Å²) in [4.78, 5) is 12.2. The molecule has 2 N–H and O–H groups in total. The number of anilines is 1. The van der Waals surface area contributed by atoms with Crippen molar-refractivity contribution in [2.75, 3.05) is 24.2 Å². The van der Waals surface area contributed by atoms with Crippen LogP contribution < -0.4 is 10.0 Å². The zero-order valence-corrected chi connectivity index (χ0v) is 17.2. The standard InChI is InChI=1S/C19H22N2O6S2/c22-19(14-28(23,24)17-6-2-1-3-7-17)21-15-8-10-18(11-9-15)29(25,26)20-13-16-5-4-12-27-16/h1-3,6-11,16,20H,4-5,12-14H2,(H,21,22)/t16-/m1/s1. The molecule has 2 aromatic rings. The van der Waals surface area contributed by atoms with Gasteiger partial charge in [0.1, 0.15) is 5.75 Å². The summed E-state index contributed by atoms with van der Waals surface area (Å²) in [5.74, 6) is -1.42. The van der Waals surface area contributed by atoms with Gasteiger partial charge in [-0.1, -0.05) is 18.2 Å². The number of sulfonamides is 1. The van der Waals surface area contributed by atoms with Gasteiger partial charge in [-0.3, -0.25) is 4.79 Å². The zero-order chi connectivity index (χ0) is 20.9. The molecule has 156 valence electrons. The summed E-state index contributed by atoms with van der Waals surface area (Å²) in [6.07, 6.45) is 1.62. The Morgan fingerprint density at radius 1 is 0.966 bits per heavy atom. The quantitative estimate of drug-likeness (QED) is 0.646. The van der Waals surface area contributed by atoms with E-state index in [0.29, 0.717) is 12.3 Å². The van der Waals surface area contributed by atoms with Crippen LogP contribution in [0.4, 0.5) is 5.69 Å². The predicted molar refractivity (Wildman–Crippen MR) is 108 cm³/mol. The van der Waals surface area contributed by atoms with Gasteiger partial charge in [0.25, 0.3) is 0 Å². The Morgan fingerprint density at radius 2 is 1.66 bits per heavy atom. The molecule has 8 nitrogen and oxygen atoms in total. The van der Waals surface area contributed by atoms with E-state index in [0.717, 1.165) is 12.8 Å². The fourth-order valence-corrected chi connectivity index (χ4v) is 5.11. The number of carbonyl (C=O) groups is 1. The Bertz CT molecular complexity index is 1050. The van der Waals surface area contributed by atoms with Crippen molar-refractivity contribution < 1.29 is 26.4 Å². The van der Waals surface area contributed by atoms with Crippen LogP contribution in [0.25, 0.3) is 0 Å². The lowest BCUT2D eigenvalue weighted by Crippen LogP contribution is -2.31. The third-order valence-electron chi connectivity index (χ3n) is 4.40. The number of hydrogen-bond donors (Lipinski definition) is 2. The normalized spacial score (nSPS) is 17.2. The second-order valence-corrected chi connectivity index (χ2v) is 10.4. The molecule has 3 rings (SSSR count). The number of ether oxygens (including phenoxy) is 1. The van der Waals surface area contributed by atoms with E-state index in [1.807, 2.05) is 0 Å². The maximum absolute atomic E-state index is 12.3. The fourth-order valence-electron chi connectivity index (χ4n) is 2.89. The molecule has 0 radical (unpaired) electrons. The summed E-state index contributed by atoms with van der Waals surface area (Å²) in [5.41, 5.74) is 0.302. The minimum Gasteiger partial charge on any atom is -0.377 e. The number of nitrogens with one attached hydrogen (secondary N) is 2. The van der Waals surface area contributed by atoms with Crippen LogP contribution in [0, 0.1) is 0 Å². The van der Waals surface area contributed by atoms with Gasteiger partial charge in [0.05, 0.1) is 15.9 Å². The van der Waals surface area contributed by atoms with Gasteiger partial charge in [-0.15, -0.1) is 0 Å². The Kier molecular flexibility index (Phi) is 6.68. The molecular weight excluding hydrogens is 416 g/mol. The molecule has 1 heterocycles. The van der Waals surface area contributed by atoms with Crippen molar-refractivity contribution in [1.29, 1.82) is 0 Å². The first kappa shape index (κ1) is 21.4. The topological polar surface area (TPSA) is 119 Å². The molecule has 1 aliphatic rings. The van der Waals surface area contributed by atoms with Gasteiger partial charge in [0.15, 0.2) is 9.84 Å². The van der Waals surface area contributed by atoms with E-state index in [2.05, 4.69) is 10.0 Å². The number of hydrogen-bond acceptors (Lipinski definition) is 6. The SMILES string of the molecule is O=C(CS(=O)(=O)c1ccccc1)Nc1ccc(S(=O)(=O)NC[C@H]2CCCO2)cc1. The number of benzene rings is 2. The van der Waals surface area contributed by atoms with Crippen molar-refractivity contribution >= 4 is 31.5 Å². The number of sulfone groups is 1. The van der Waals surface area contributed by atoms with Crippen molar-refractivity contribution in [3.63, 3.8) is 0 Å². The van der Waals surface area contributed by atoms with Crippen LogP contribution in [0.5, 0.6) is 0 Å². The molecule has 10 heteroatoms. The lowest BCUT2D eigenvalue weighted by atomic mass is 10.2. The van der Waals surface area contributed by atoms with Crippen LogP contribution >= 0.6 is 0 Å². The summed E-state index contributed by atoms with van der Waals surface area (Å²) in [6.45, 7) is 0.846. The largest absolute Gasteiger partial charge is 0.377 e. The van der Waals surface area contributed by atoms with Crippen LogP contribution in [-0.2, 0) is 29.4 Å². The molecule has 0 saturated carbocycles. The van der Waals surface area contributed by atoms with Crippen molar-refractivity contribution in [3.8, 4) is 0 Å². The summed E-state index contributed by atoms with van der Waals surface area (Å²) in [6, 6.07) is 13.2. The van der Waals surface area contributed by atoms with Gasteiger partial charge >= 0.3 is 0 Å². The molecule has 29 heavy (non-hydrogen) atoms. The molecule has 1 atom stereocenters. The highest BCUT2D eigenvalue weighted by Gasteiger charge is 2.21. The van der Waals surface area contributed by atoms with Gasteiger partial charge in [0.2, 0.25) is 15.9 Å². The zero-order valence-electron chi connectivity index (χ0n) is 15.6. The Hall–Kier alpha value is -2.27. The van der Waals surface area contributed by atoms with E-state index in [4.69, 9.17) is 4.74 Å². The summed E-state index contributed by atoms with van der Waals surface area (Å²) >= 11 is 0. The fraction of sp³-hybridized carbons (Fsp3) is 0.316. The summed E-state index contributed by atoms with van der Waals surface area (Å²) < 4.78 is 57.1. The van der Waals surface area contributed by atoms with Gasteiger partial charge in [0, 0.05) is 18.8 Å². The molecule has 1 fully saturated rings. The Balaban J connectivity index is 1.59. The first-order valence-electron chi connectivity index (χ1n) is 9.05. The summed E-state index contributed by atoms with van der Waals surface area (Å²) in [7, 11) is -7.45. The van der Waals surface area contributed by atoms with Gasteiger partial charge in [-0.2, -0.15) is 0 Å². The highest BCUT2D eigenvalue weighted by molar-refractivity contribution is 7.92. The average molecular weight is 439 g/mol. The molecule has 0 aromatic heterocycles. The highest BCUT2D eigenvalue weighted by atomic mass is 32.2. The van der Waals surface area contributed by atoms with Crippen LogP contribution in [0.15, 0.2) is 64.4 Å². The van der Waals surface area contributed by atoms with E-state index < -0.39 is 31.5 Å². The maximum Gasteiger partial charge on any atom is 0.240 e. The number of rotatable bonds is 8. The second kappa shape index (κ2) is 9.04. The van der Waals surface area contributed by atoms with E-state index in [-0.39, 0.29) is 22.4 Å². The summed E-state index contributed by atoms with van der Waals surface area (Å²) in [5, 5.41) is 2.47. The molecule has 0 unspecified atom stereocenters. The molecule has 1 amide bonds. The second-order valence-electron chi connectivity index (χ2n) is 6.63. The maximum atomic E-state index is 12.3. The monoisotopic (exact) mass is 438 g/mol. The van der Waals surface area contributed by atoms with E-state index in [1.54, 1.807) is 18.2 Å². The van der Waals surface area contributed by atoms with E-state index >= 15 is 0 Å². The van der Waals surface area contributed by atoms with Crippen molar-refractivity contribution in [3.05, 3.63) is 54.6 Å². The lowest BCUT2D eigenvalue weighted by Gasteiger charge is -2.12. The molecule has 1 saturated heterocycles. The predicted octanol–water partition coefficient (Wildman–Crippen LogP) is 1.56. The number of amides is 1. The van der Waals surface area contributed by atoms with Crippen molar-refractivity contribution in [2.24, 2.45) is 0 Å². The van der Waals surface area contributed by atoms with E-state index in [1.165, 1.54) is 36.4 Å². The van der Waals surface area contributed by atoms with Gasteiger partial charge in [-0.05, 0) is 49.2 Å². The highest BCUT2D eigenvalue weighted by Crippen LogP contribution is 2.16. The third kappa shape index (κ3) is 5.86. The molecule has 1 aliphatic heterocycles. The minimum absolute atomic E-state index is 0.0467.